The Kier molecular flexibility index (Phi) is 6.78. The first-order chi connectivity index (χ1) is 15.0. The minimum absolute atomic E-state index is 0.0389. The van der Waals surface area contributed by atoms with E-state index >= 15 is 0 Å². The lowest BCUT2D eigenvalue weighted by atomic mass is 9.89. The Bertz CT molecular complexity index is 926. The quantitative estimate of drug-likeness (QED) is 0.694. The molecule has 1 unspecified atom stereocenters. The maximum atomic E-state index is 12.8. The van der Waals surface area contributed by atoms with Gasteiger partial charge in [-0.2, -0.15) is 0 Å². The molecule has 2 aromatic carbocycles. The van der Waals surface area contributed by atoms with Crippen LogP contribution in [-0.2, 0) is 9.59 Å². The van der Waals surface area contributed by atoms with Gasteiger partial charge in [-0.15, -0.1) is 0 Å². The second-order valence-corrected chi connectivity index (χ2v) is 8.90. The molecule has 4 rings (SSSR count). The summed E-state index contributed by atoms with van der Waals surface area (Å²) >= 11 is 6.12. The number of phenols is 1. The molecule has 7 heteroatoms. The van der Waals surface area contributed by atoms with Gasteiger partial charge in [0, 0.05) is 30.3 Å². The highest BCUT2D eigenvalue weighted by atomic mass is 35.5. The van der Waals surface area contributed by atoms with Crippen LogP contribution in [0.2, 0.25) is 5.02 Å². The number of benzene rings is 2. The standard InChI is InChI=1S/C24H28ClN3O3/c25-20-3-1-2-18(14-20)17-9-12-28(13-10-17)23(30)16-27-11-8-19(15-27)24(31)26-21-4-6-22(29)7-5-21/h1-7,14,17,19,29H,8-13,15-16H2,(H,26,31). The van der Waals surface area contributed by atoms with Crippen LogP contribution >= 0.6 is 11.6 Å². The summed E-state index contributed by atoms with van der Waals surface area (Å²) in [5, 5.41) is 13.0. The summed E-state index contributed by atoms with van der Waals surface area (Å²) in [5.41, 5.74) is 1.92. The van der Waals surface area contributed by atoms with Gasteiger partial charge in [-0.3, -0.25) is 14.5 Å². The number of amides is 2. The van der Waals surface area contributed by atoms with Crippen LogP contribution in [0.4, 0.5) is 5.69 Å². The van der Waals surface area contributed by atoms with Gasteiger partial charge < -0.3 is 15.3 Å². The van der Waals surface area contributed by atoms with Gasteiger partial charge >= 0.3 is 0 Å². The summed E-state index contributed by atoms with van der Waals surface area (Å²) in [6.07, 6.45) is 2.64. The second-order valence-electron chi connectivity index (χ2n) is 8.47. The summed E-state index contributed by atoms with van der Waals surface area (Å²) < 4.78 is 0. The predicted octanol–water partition coefficient (Wildman–Crippen LogP) is 3.71. The summed E-state index contributed by atoms with van der Waals surface area (Å²) in [7, 11) is 0. The molecule has 2 aromatic rings. The molecule has 2 saturated heterocycles. The van der Waals surface area contributed by atoms with Crippen molar-refractivity contribution in [2.24, 2.45) is 5.92 Å². The Balaban J connectivity index is 1.22. The number of nitrogens with zero attached hydrogens (tertiary/aromatic N) is 2. The van der Waals surface area contributed by atoms with Crippen molar-refractivity contribution in [3.05, 3.63) is 59.1 Å². The molecular weight excluding hydrogens is 414 g/mol. The molecule has 6 nitrogen and oxygen atoms in total. The zero-order valence-electron chi connectivity index (χ0n) is 17.5. The van der Waals surface area contributed by atoms with Crippen LogP contribution in [0, 0.1) is 5.92 Å². The maximum absolute atomic E-state index is 12.8. The van der Waals surface area contributed by atoms with E-state index in [9.17, 15) is 14.7 Å². The van der Waals surface area contributed by atoms with Crippen LogP contribution in [-0.4, -0.2) is 59.4 Å². The second kappa shape index (κ2) is 9.71. The number of hydrogen-bond acceptors (Lipinski definition) is 4. The third-order valence-electron chi connectivity index (χ3n) is 6.30. The number of carbonyl (C=O) groups excluding carboxylic acids is 2. The molecule has 2 aliphatic heterocycles. The number of rotatable bonds is 5. The third-order valence-corrected chi connectivity index (χ3v) is 6.54. The minimum atomic E-state index is -0.129. The highest BCUT2D eigenvalue weighted by Gasteiger charge is 2.31. The number of phenolic OH excluding ortho intramolecular Hbond substituents is 1. The maximum Gasteiger partial charge on any atom is 0.236 e. The number of anilines is 1. The monoisotopic (exact) mass is 441 g/mol. The van der Waals surface area contributed by atoms with Crippen molar-refractivity contribution in [1.82, 2.24) is 9.80 Å². The van der Waals surface area contributed by atoms with Crippen LogP contribution < -0.4 is 5.32 Å². The highest BCUT2D eigenvalue weighted by molar-refractivity contribution is 6.30. The smallest absolute Gasteiger partial charge is 0.236 e. The van der Waals surface area contributed by atoms with E-state index in [1.54, 1.807) is 24.3 Å². The van der Waals surface area contributed by atoms with Gasteiger partial charge in [0.15, 0.2) is 0 Å². The fraction of sp³-hybridized carbons (Fsp3) is 0.417. The molecule has 2 N–H and O–H groups in total. The molecule has 2 aliphatic rings. The van der Waals surface area contributed by atoms with Gasteiger partial charge in [-0.25, -0.2) is 0 Å². The number of likely N-dealkylation sites (tertiary alicyclic amines) is 2. The Morgan fingerprint density at radius 2 is 1.77 bits per heavy atom. The summed E-state index contributed by atoms with van der Waals surface area (Å²) in [5.74, 6) is 0.588. The largest absolute Gasteiger partial charge is 0.508 e. The summed E-state index contributed by atoms with van der Waals surface area (Å²) in [6.45, 7) is 3.22. The number of aromatic hydroxyl groups is 1. The van der Waals surface area contributed by atoms with Gasteiger partial charge in [0.2, 0.25) is 11.8 Å². The van der Waals surface area contributed by atoms with Gasteiger partial charge in [0.05, 0.1) is 12.5 Å². The van der Waals surface area contributed by atoms with E-state index in [0.717, 1.165) is 43.9 Å². The average Bonchev–Trinajstić information content (AvgIpc) is 3.24. The van der Waals surface area contributed by atoms with E-state index in [1.807, 2.05) is 23.1 Å². The topological polar surface area (TPSA) is 72.9 Å². The number of carbonyl (C=O) groups is 2. The van der Waals surface area contributed by atoms with E-state index in [1.165, 1.54) is 5.56 Å². The van der Waals surface area contributed by atoms with E-state index in [0.29, 0.717) is 24.7 Å². The van der Waals surface area contributed by atoms with Crippen molar-refractivity contribution in [3.8, 4) is 5.75 Å². The van der Waals surface area contributed by atoms with E-state index in [-0.39, 0.29) is 23.5 Å². The van der Waals surface area contributed by atoms with E-state index in [2.05, 4.69) is 16.3 Å². The molecule has 0 spiro atoms. The first-order valence-electron chi connectivity index (χ1n) is 10.8. The van der Waals surface area contributed by atoms with Gasteiger partial charge in [-0.1, -0.05) is 23.7 Å². The lowest BCUT2D eigenvalue weighted by Crippen LogP contribution is -2.43. The zero-order chi connectivity index (χ0) is 21.8. The molecule has 0 saturated carbocycles. The molecule has 164 valence electrons. The van der Waals surface area contributed by atoms with Crippen LogP contribution in [0.5, 0.6) is 5.75 Å². The molecule has 0 aromatic heterocycles. The minimum Gasteiger partial charge on any atom is -0.508 e. The first-order valence-corrected chi connectivity index (χ1v) is 11.2. The Hall–Kier alpha value is -2.57. The SMILES string of the molecule is O=C(Nc1ccc(O)cc1)C1CCN(CC(=O)N2CCC(c3cccc(Cl)c3)CC2)C1. The van der Waals surface area contributed by atoms with E-state index < -0.39 is 0 Å². The summed E-state index contributed by atoms with van der Waals surface area (Å²) in [4.78, 5) is 29.3. The van der Waals surface area contributed by atoms with E-state index in [4.69, 9.17) is 11.6 Å². The fourth-order valence-electron chi connectivity index (χ4n) is 4.49. The molecule has 31 heavy (non-hydrogen) atoms. The third kappa shape index (κ3) is 5.57. The van der Waals surface area contributed by atoms with Crippen LogP contribution in [0.15, 0.2) is 48.5 Å². The summed E-state index contributed by atoms with van der Waals surface area (Å²) in [6, 6.07) is 14.5. The normalized spacial score (nSPS) is 20.0. The molecular formula is C24H28ClN3O3. The van der Waals surface area contributed by atoms with Crippen LogP contribution in [0.1, 0.15) is 30.7 Å². The Morgan fingerprint density at radius 3 is 2.48 bits per heavy atom. The highest BCUT2D eigenvalue weighted by Crippen LogP contribution is 2.29. The molecule has 0 radical (unpaired) electrons. The number of nitrogens with one attached hydrogen (secondary N) is 1. The van der Waals surface area contributed by atoms with Gasteiger partial charge in [-0.05, 0) is 73.7 Å². The molecule has 2 heterocycles. The molecule has 0 bridgehead atoms. The van der Waals surface area contributed by atoms with Crippen molar-refractivity contribution in [2.45, 2.75) is 25.2 Å². The Labute approximate surface area is 187 Å². The van der Waals surface area contributed by atoms with Crippen molar-refractivity contribution in [3.63, 3.8) is 0 Å². The van der Waals surface area contributed by atoms with Crippen LogP contribution in [0.3, 0.4) is 0 Å². The molecule has 0 aliphatic carbocycles. The number of piperidine rings is 1. The predicted molar refractivity (Wildman–Crippen MR) is 121 cm³/mol. The first kappa shape index (κ1) is 21.7. The van der Waals surface area contributed by atoms with Crippen molar-refractivity contribution < 1.29 is 14.7 Å². The number of hydrogen-bond donors (Lipinski definition) is 2. The van der Waals surface area contributed by atoms with Crippen molar-refractivity contribution in [1.29, 1.82) is 0 Å². The van der Waals surface area contributed by atoms with Gasteiger partial charge in [0.1, 0.15) is 5.75 Å². The van der Waals surface area contributed by atoms with Crippen molar-refractivity contribution in [2.75, 3.05) is 38.0 Å². The molecule has 1 atom stereocenters. The average molecular weight is 442 g/mol. The molecule has 2 fully saturated rings. The van der Waals surface area contributed by atoms with Crippen LogP contribution in [0.25, 0.3) is 0 Å². The zero-order valence-corrected chi connectivity index (χ0v) is 18.2. The number of halogens is 1. The van der Waals surface area contributed by atoms with Gasteiger partial charge in [0.25, 0.3) is 0 Å². The Morgan fingerprint density at radius 1 is 1.03 bits per heavy atom. The lowest BCUT2D eigenvalue weighted by molar-refractivity contribution is -0.133. The molecule has 2 amide bonds. The fourth-order valence-corrected chi connectivity index (χ4v) is 4.69. The van der Waals surface area contributed by atoms with Crippen molar-refractivity contribution >= 4 is 29.1 Å². The lowest BCUT2D eigenvalue weighted by Gasteiger charge is -2.33.